The molecule has 2 N–H and O–H groups in total. The van der Waals surface area contributed by atoms with Gasteiger partial charge in [0.15, 0.2) is 5.75 Å². The van der Waals surface area contributed by atoms with Crippen LogP contribution in [-0.2, 0) is 4.74 Å². The first-order valence-electron chi connectivity index (χ1n) is 11.5. The standard InChI is InChI=1S/C24H26F3N7O3/c1-23(2,3)37-22(35)34-9-8-16(14-34)31-20-13-28-12-18(32-20)15-10-29-21(30-11-15)33-17-6-4-5-7-19(17)36-24(25,26)27/h4-7,10-13,16H,8-9,14H2,1-3H3,(H,31,32)(H,29,30,33)/t16-/m0/s1. The zero-order chi connectivity index (χ0) is 26.6. The number of nitrogens with one attached hydrogen (secondary N) is 2. The van der Waals surface area contributed by atoms with Crippen LogP contribution in [0.3, 0.4) is 0 Å². The van der Waals surface area contributed by atoms with Gasteiger partial charge in [0.1, 0.15) is 11.4 Å². The van der Waals surface area contributed by atoms with Crippen LogP contribution in [0.4, 0.5) is 35.4 Å². The number of carbonyl (C=O) groups excluding carboxylic acids is 1. The van der Waals surface area contributed by atoms with E-state index in [1.165, 1.54) is 30.6 Å². The number of carbonyl (C=O) groups is 1. The molecule has 4 rings (SSSR count). The van der Waals surface area contributed by atoms with Gasteiger partial charge in [-0.2, -0.15) is 0 Å². The second-order valence-electron chi connectivity index (χ2n) is 9.31. The summed E-state index contributed by atoms with van der Waals surface area (Å²) >= 11 is 0. The van der Waals surface area contributed by atoms with Gasteiger partial charge in [-0.3, -0.25) is 4.98 Å². The van der Waals surface area contributed by atoms with Crippen LogP contribution in [0.25, 0.3) is 11.3 Å². The number of alkyl halides is 3. The summed E-state index contributed by atoms with van der Waals surface area (Å²) in [5.74, 6) is 0.204. The van der Waals surface area contributed by atoms with Gasteiger partial charge < -0.3 is 25.0 Å². The third kappa shape index (κ3) is 7.41. The van der Waals surface area contributed by atoms with Crippen LogP contribution < -0.4 is 15.4 Å². The fourth-order valence-corrected chi connectivity index (χ4v) is 3.58. The Kier molecular flexibility index (Phi) is 7.32. The fourth-order valence-electron chi connectivity index (χ4n) is 3.58. The summed E-state index contributed by atoms with van der Waals surface area (Å²) in [6, 6.07) is 5.59. The number of likely N-dealkylation sites (tertiary alicyclic amines) is 1. The monoisotopic (exact) mass is 517 g/mol. The number of para-hydroxylation sites is 2. The first-order valence-corrected chi connectivity index (χ1v) is 11.5. The second kappa shape index (κ2) is 10.4. The molecule has 0 saturated carbocycles. The van der Waals surface area contributed by atoms with E-state index in [0.717, 1.165) is 6.42 Å². The third-order valence-electron chi connectivity index (χ3n) is 5.13. The lowest BCUT2D eigenvalue weighted by Crippen LogP contribution is -2.36. The Morgan fingerprint density at radius 3 is 2.51 bits per heavy atom. The Hall–Kier alpha value is -4.16. The summed E-state index contributed by atoms with van der Waals surface area (Å²) in [6.07, 6.45) is 1.64. The van der Waals surface area contributed by atoms with E-state index in [-0.39, 0.29) is 23.8 Å². The highest BCUT2D eigenvalue weighted by molar-refractivity contribution is 5.69. The number of aromatic nitrogens is 4. The number of hydrogen-bond donors (Lipinski definition) is 2. The minimum Gasteiger partial charge on any atom is -0.444 e. The van der Waals surface area contributed by atoms with Gasteiger partial charge in [-0.1, -0.05) is 12.1 Å². The van der Waals surface area contributed by atoms with Crippen LogP contribution in [0.15, 0.2) is 49.1 Å². The van der Waals surface area contributed by atoms with Crippen molar-refractivity contribution in [3.8, 4) is 17.0 Å². The van der Waals surface area contributed by atoms with E-state index < -0.39 is 17.7 Å². The van der Waals surface area contributed by atoms with E-state index in [0.29, 0.717) is 30.2 Å². The predicted octanol–water partition coefficient (Wildman–Crippen LogP) is 5.00. The largest absolute Gasteiger partial charge is 0.573 e. The highest BCUT2D eigenvalue weighted by atomic mass is 19.4. The van der Waals surface area contributed by atoms with Gasteiger partial charge in [0.25, 0.3) is 0 Å². The maximum absolute atomic E-state index is 12.7. The highest BCUT2D eigenvalue weighted by Crippen LogP contribution is 2.31. The van der Waals surface area contributed by atoms with E-state index in [1.807, 2.05) is 20.8 Å². The molecular weight excluding hydrogens is 491 g/mol. The Bertz CT molecular complexity index is 1230. The predicted molar refractivity (Wildman–Crippen MR) is 129 cm³/mol. The fraction of sp³-hybridized carbons (Fsp3) is 0.375. The quantitative estimate of drug-likeness (QED) is 0.466. The van der Waals surface area contributed by atoms with E-state index in [1.54, 1.807) is 23.4 Å². The molecule has 0 radical (unpaired) electrons. The maximum Gasteiger partial charge on any atom is 0.573 e. The smallest absolute Gasteiger partial charge is 0.444 e. The number of nitrogens with zero attached hydrogens (tertiary/aromatic N) is 5. The molecule has 1 fully saturated rings. The van der Waals surface area contributed by atoms with Crippen molar-refractivity contribution in [2.24, 2.45) is 0 Å². The number of hydrogen-bond acceptors (Lipinski definition) is 9. The average Bonchev–Trinajstić information content (AvgIpc) is 3.28. The number of ether oxygens (including phenoxy) is 2. The summed E-state index contributed by atoms with van der Waals surface area (Å²) in [4.78, 5) is 31.1. The first-order chi connectivity index (χ1) is 17.4. The van der Waals surface area contributed by atoms with Crippen molar-refractivity contribution in [2.45, 2.75) is 45.2 Å². The zero-order valence-corrected chi connectivity index (χ0v) is 20.4. The van der Waals surface area contributed by atoms with Crippen molar-refractivity contribution in [1.29, 1.82) is 0 Å². The Labute approximate surface area is 211 Å². The van der Waals surface area contributed by atoms with Crippen molar-refractivity contribution in [2.75, 3.05) is 23.7 Å². The van der Waals surface area contributed by atoms with Gasteiger partial charge in [0.2, 0.25) is 5.95 Å². The minimum absolute atomic E-state index is 0.0149. The number of amides is 1. The topological polar surface area (TPSA) is 114 Å². The third-order valence-corrected chi connectivity index (χ3v) is 5.13. The molecule has 196 valence electrons. The SMILES string of the molecule is CC(C)(C)OC(=O)N1CC[C@H](Nc2cncc(-c3cnc(Nc4ccccc4OC(F)(F)F)nc3)n2)C1. The molecule has 1 amide bonds. The van der Waals surface area contributed by atoms with Gasteiger partial charge in [0.05, 0.1) is 23.8 Å². The van der Waals surface area contributed by atoms with Crippen LogP contribution in [0.1, 0.15) is 27.2 Å². The Morgan fingerprint density at radius 2 is 1.81 bits per heavy atom. The molecule has 1 saturated heterocycles. The van der Waals surface area contributed by atoms with Gasteiger partial charge >= 0.3 is 12.5 Å². The van der Waals surface area contributed by atoms with E-state index >= 15 is 0 Å². The van der Waals surface area contributed by atoms with Gasteiger partial charge in [-0.15, -0.1) is 13.2 Å². The second-order valence-corrected chi connectivity index (χ2v) is 9.31. The first kappa shape index (κ1) is 25.9. The van der Waals surface area contributed by atoms with Crippen LogP contribution in [0, 0.1) is 0 Å². The molecule has 0 spiro atoms. The Morgan fingerprint density at radius 1 is 1.08 bits per heavy atom. The summed E-state index contributed by atoms with van der Waals surface area (Å²) in [5, 5.41) is 6.01. The van der Waals surface area contributed by atoms with Gasteiger partial charge in [-0.25, -0.2) is 19.7 Å². The highest BCUT2D eigenvalue weighted by Gasteiger charge is 2.32. The molecule has 3 heterocycles. The van der Waals surface area contributed by atoms with Crippen molar-refractivity contribution in [3.63, 3.8) is 0 Å². The van der Waals surface area contributed by atoms with Crippen molar-refractivity contribution in [3.05, 3.63) is 49.1 Å². The van der Waals surface area contributed by atoms with Crippen LogP contribution in [-0.4, -0.2) is 62.0 Å². The molecule has 1 atom stereocenters. The zero-order valence-electron chi connectivity index (χ0n) is 20.4. The molecule has 1 aliphatic rings. The molecule has 2 aromatic heterocycles. The van der Waals surface area contributed by atoms with Gasteiger partial charge in [-0.05, 0) is 39.3 Å². The number of halogens is 3. The molecule has 3 aromatic rings. The molecule has 0 aliphatic carbocycles. The molecule has 10 nitrogen and oxygen atoms in total. The van der Waals surface area contributed by atoms with Crippen molar-refractivity contribution >= 4 is 23.5 Å². The summed E-state index contributed by atoms with van der Waals surface area (Å²) in [5.41, 5.74) is 0.564. The van der Waals surface area contributed by atoms with E-state index in [9.17, 15) is 18.0 Å². The number of rotatable bonds is 6. The van der Waals surface area contributed by atoms with Gasteiger partial charge in [0, 0.05) is 37.1 Å². The summed E-state index contributed by atoms with van der Waals surface area (Å²) < 4.78 is 47.4. The van der Waals surface area contributed by atoms with Crippen LogP contribution in [0.2, 0.25) is 0 Å². The number of anilines is 3. The molecule has 37 heavy (non-hydrogen) atoms. The van der Waals surface area contributed by atoms with E-state index in [2.05, 4.69) is 35.3 Å². The summed E-state index contributed by atoms with van der Waals surface area (Å²) in [6.45, 7) is 6.52. The normalized spacial score (nSPS) is 15.8. The Balaban J connectivity index is 1.39. The van der Waals surface area contributed by atoms with E-state index in [4.69, 9.17) is 4.74 Å². The van der Waals surface area contributed by atoms with Crippen LogP contribution >= 0.6 is 0 Å². The molecule has 0 unspecified atom stereocenters. The van der Waals surface area contributed by atoms with Crippen molar-refractivity contribution < 1.29 is 27.4 Å². The van der Waals surface area contributed by atoms with Crippen molar-refractivity contribution in [1.82, 2.24) is 24.8 Å². The molecule has 0 bridgehead atoms. The molecular formula is C24H26F3N7O3. The minimum atomic E-state index is -4.83. The summed E-state index contributed by atoms with van der Waals surface area (Å²) in [7, 11) is 0. The molecule has 1 aliphatic heterocycles. The average molecular weight is 518 g/mol. The lowest BCUT2D eigenvalue weighted by molar-refractivity contribution is -0.274. The maximum atomic E-state index is 12.7. The van der Waals surface area contributed by atoms with Crippen LogP contribution in [0.5, 0.6) is 5.75 Å². The number of benzene rings is 1. The molecule has 13 heteroatoms. The lowest BCUT2D eigenvalue weighted by atomic mass is 10.2. The molecule has 1 aromatic carbocycles. The lowest BCUT2D eigenvalue weighted by Gasteiger charge is -2.24.